The quantitative estimate of drug-likeness (QED) is 0.0614. The Kier molecular flexibility index (Phi) is 5.83. The highest BCUT2D eigenvalue weighted by atomic mass is 16.4. The van der Waals surface area contributed by atoms with Crippen LogP contribution in [0.5, 0.6) is 28.7 Å². The Hall–Kier alpha value is -6.20. The first-order valence-electron chi connectivity index (χ1n) is 14.6. The van der Waals surface area contributed by atoms with Crippen molar-refractivity contribution in [2.75, 3.05) is 0 Å². The molecule has 8 rings (SSSR count). The van der Waals surface area contributed by atoms with Gasteiger partial charge in [0.25, 0.3) is 0 Å². The van der Waals surface area contributed by atoms with Crippen molar-refractivity contribution < 1.29 is 25.5 Å². The molecule has 8 aromatic carbocycles. The second kappa shape index (κ2) is 9.93. The number of fused-ring (bicyclic) bond motifs is 5. The Labute approximate surface area is 257 Å². The third-order valence-electron chi connectivity index (χ3n) is 8.79. The van der Waals surface area contributed by atoms with Gasteiger partial charge in [0.15, 0.2) is 11.5 Å². The van der Waals surface area contributed by atoms with Crippen LogP contribution in [0.4, 0.5) is 0 Å². The van der Waals surface area contributed by atoms with Crippen LogP contribution in [0.15, 0.2) is 127 Å². The molecule has 8 aromatic rings. The van der Waals surface area contributed by atoms with Crippen LogP contribution in [0.1, 0.15) is 0 Å². The van der Waals surface area contributed by atoms with Gasteiger partial charge in [0, 0.05) is 5.56 Å². The average molecular weight is 587 g/mol. The summed E-state index contributed by atoms with van der Waals surface area (Å²) in [7, 11) is 0. The Morgan fingerprint density at radius 2 is 0.778 bits per heavy atom. The molecule has 216 valence electrons. The highest BCUT2D eigenvalue weighted by molar-refractivity contribution is 6.24. The molecule has 0 bridgehead atoms. The molecule has 0 atom stereocenters. The summed E-state index contributed by atoms with van der Waals surface area (Å²) in [5.74, 6) is -4.28. The van der Waals surface area contributed by atoms with Crippen molar-refractivity contribution in [3.63, 3.8) is 0 Å². The summed E-state index contributed by atoms with van der Waals surface area (Å²) in [5, 5.41) is 61.0. The summed E-state index contributed by atoms with van der Waals surface area (Å²) in [6.07, 6.45) is 0. The number of rotatable bonds is 3. The van der Waals surface area contributed by atoms with Crippen LogP contribution in [-0.2, 0) is 0 Å². The molecule has 0 aliphatic rings. The van der Waals surface area contributed by atoms with Crippen molar-refractivity contribution >= 4 is 43.1 Å². The largest absolute Gasteiger partial charge is 0.504 e. The third kappa shape index (κ3) is 3.95. The van der Waals surface area contributed by atoms with Crippen LogP contribution in [0.25, 0.3) is 76.5 Å². The van der Waals surface area contributed by atoms with E-state index < -0.39 is 28.7 Å². The molecule has 0 spiro atoms. The van der Waals surface area contributed by atoms with Gasteiger partial charge in [-0.25, -0.2) is 0 Å². The summed E-state index contributed by atoms with van der Waals surface area (Å²) in [6, 6.07) is 42.7. The molecule has 0 saturated heterocycles. The molecule has 0 amide bonds. The van der Waals surface area contributed by atoms with Crippen LogP contribution in [-0.4, -0.2) is 25.5 Å². The van der Waals surface area contributed by atoms with Crippen molar-refractivity contribution in [1.29, 1.82) is 0 Å². The van der Waals surface area contributed by atoms with E-state index in [0.29, 0.717) is 16.3 Å². The molecule has 0 unspecified atom stereocenters. The number of benzene rings is 8. The highest BCUT2D eigenvalue weighted by Crippen LogP contribution is 2.58. The van der Waals surface area contributed by atoms with Gasteiger partial charge in [-0.05, 0) is 77.5 Å². The predicted octanol–water partition coefficient (Wildman–Crippen LogP) is 9.83. The number of phenolic OH excluding ortho intramolecular Hbond substituents is 5. The van der Waals surface area contributed by atoms with Gasteiger partial charge in [0.2, 0.25) is 17.2 Å². The molecule has 0 aliphatic heterocycles. The molecule has 45 heavy (non-hydrogen) atoms. The minimum atomic E-state index is -0.992. The molecular weight excluding hydrogens is 560 g/mol. The van der Waals surface area contributed by atoms with E-state index in [9.17, 15) is 25.5 Å². The molecule has 0 aromatic heterocycles. The van der Waals surface area contributed by atoms with Gasteiger partial charge in [0.05, 0.1) is 5.56 Å². The molecule has 5 nitrogen and oxygen atoms in total. The van der Waals surface area contributed by atoms with Crippen LogP contribution in [0.2, 0.25) is 0 Å². The van der Waals surface area contributed by atoms with E-state index in [2.05, 4.69) is 48.5 Å². The lowest BCUT2D eigenvalue weighted by Gasteiger charge is -2.21. The molecule has 0 fully saturated rings. The first kappa shape index (κ1) is 26.4. The number of phenols is 5. The minimum absolute atomic E-state index is 0.173. The predicted molar refractivity (Wildman–Crippen MR) is 181 cm³/mol. The van der Waals surface area contributed by atoms with Gasteiger partial charge in [-0.1, -0.05) is 115 Å². The molecule has 0 radical (unpaired) electrons. The maximum absolute atomic E-state index is 11.1. The van der Waals surface area contributed by atoms with E-state index >= 15 is 0 Å². The second-order valence-electron chi connectivity index (χ2n) is 11.3. The molecule has 0 heterocycles. The maximum atomic E-state index is 11.1. The summed E-state index contributed by atoms with van der Waals surface area (Å²) in [4.78, 5) is 0. The topological polar surface area (TPSA) is 101 Å². The van der Waals surface area contributed by atoms with Crippen molar-refractivity contribution in [3.05, 3.63) is 127 Å². The van der Waals surface area contributed by atoms with Gasteiger partial charge in [-0.2, -0.15) is 0 Å². The fourth-order valence-electron chi connectivity index (χ4n) is 6.66. The second-order valence-corrected chi connectivity index (χ2v) is 11.3. The molecule has 0 aliphatic carbocycles. The van der Waals surface area contributed by atoms with Crippen molar-refractivity contribution in [2.45, 2.75) is 0 Å². The highest BCUT2D eigenvalue weighted by Gasteiger charge is 2.28. The molecule has 5 N–H and O–H groups in total. The minimum Gasteiger partial charge on any atom is -0.504 e. The monoisotopic (exact) mass is 586 g/mol. The summed E-state index contributed by atoms with van der Waals surface area (Å²) in [6.45, 7) is 0. The number of hydrogen-bond acceptors (Lipinski definition) is 5. The Morgan fingerprint density at radius 1 is 0.267 bits per heavy atom. The lowest BCUT2D eigenvalue weighted by Crippen LogP contribution is -1.93. The number of hydrogen-bond donors (Lipinski definition) is 5. The van der Waals surface area contributed by atoms with Crippen LogP contribution in [0.3, 0.4) is 0 Å². The van der Waals surface area contributed by atoms with E-state index in [4.69, 9.17) is 0 Å². The smallest absolute Gasteiger partial charge is 0.208 e. The van der Waals surface area contributed by atoms with E-state index in [-0.39, 0.29) is 5.56 Å². The third-order valence-corrected chi connectivity index (χ3v) is 8.79. The zero-order valence-electron chi connectivity index (χ0n) is 23.9. The van der Waals surface area contributed by atoms with E-state index in [1.807, 2.05) is 78.9 Å². The maximum Gasteiger partial charge on any atom is 0.208 e. The van der Waals surface area contributed by atoms with Crippen LogP contribution >= 0.6 is 0 Å². The van der Waals surface area contributed by atoms with Crippen LogP contribution < -0.4 is 0 Å². The Morgan fingerprint density at radius 3 is 1.51 bits per heavy atom. The summed E-state index contributed by atoms with van der Waals surface area (Å²) in [5.41, 5.74) is 4.19. The van der Waals surface area contributed by atoms with Gasteiger partial charge in [0.1, 0.15) is 0 Å². The Bertz CT molecular complexity index is 2450. The fourth-order valence-corrected chi connectivity index (χ4v) is 6.66. The fraction of sp³-hybridized carbons (Fsp3) is 0. The first-order chi connectivity index (χ1) is 21.9. The number of aromatic hydroxyl groups is 5. The lowest BCUT2D eigenvalue weighted by molar-refractivity contribution is 0.330. The standard InChI is InChI=1S/C40H26O5/c41-36-35(37(42)39(44)40(45)38(36)43)34-30-13-7-6-12-29(30)33(32-21-24(16-19-31(32)34)22-8-2-1-3-9-22)26-17-18-28-25(20-26)15-14-23-10-4-5-11-27(23)28/h1-21,41-45H. The Balaban J connectivity index is 1.53. The van der Waals surface area contributed by atoms with Crippen LogP contribution in [0, 0.1) is 0 Å². The molecular formula is C40H26O5. The molecule has 0 saturated carbocycles. The lowest BCUT2D eigenvalue weighted by atomic mass is 9.83. The van der Waals surface area contributed by atoms with E-state index in [1.54, 1.807) is 0 Å². The molecule has 5 heteroatoms. The summed E-state index contributed by atoms with van der Waals surface area (Å²) >= 11 is 0. The van der Waals surface area contributed by atoms with Gasteiger partial charge in [-0.15, -0.1) is 0 Å². The van der Waals surface area contributed by atoms with Gasteiger partial charge in [-0.3, -0.25) is 0 Å². The van der Waals surface area contributed by atoms with Crippen molar-refractivity contribution in [2.24, 2.45) is 0 Å². The van der Waals surface area contributed by atoms with E-state index in [0.717, 1.165) is 43.8 Å². The van der Waals surface area contributed by atoms with Gasteiger partial charge >= 0.3 is 0 Å². The summed E-state index contributed by atoms with van der Waals surface area (Å²) < 4.78 is 0. The average Bonchev–Trinajstić information content (AvgIpc) is 3.09. The zero-order valence-corrected chi connectivity index (χ0v) is 23.9. The van der Waals surface area contributed by atoms with E-state index in [1.165, 1.54) is 10.8 Å². The van der Waals surface area contributed by atoms with Crippen molar-refractivity contribution in [1.82, 2.24) is 0 Å². The normalized spacial score (nSPS) is 11.6. The zero-order chi connectivity index (χ0) is 30.8. The SMILES string of the molecule is Oc1c(O)c(O)c(-c2c3ccccc3c(-c3ccc4c(ccc5ccccc54)c3)c3cc(-c4ccccc4)ccc23)c(O)c1O. The first-order valence-corrected chi connectivity index (χ1v) is 14.6. The van der Waals surface area contributed by atoms with Crippen molar-refractivity contribution in [3.8, 4) is 62.1 Å². The van der Waals surface area contributed by atoms with Gasteiger partial charge < -0.3 is 25.5 Å².